The van der Waals surface area contributed by atoms with Crippen molar-refractivity contribution in [3.8, 4) is 0 Å². The molecule has 0 saturated carbocycles. The molecule has 1 aromatic heterocycles. The van der Waals surface area contributed by atoms with Gasteiger partial charge in [-0.25, -0.2) is 9.66 Å². The molecule has 0 amide bonds. The van der Waals surface area contributed by atoms with Crippen LogP contribution in [0.25, 0.3) is 10.9 Å². The Bertz CT molecular complexity index is 851. The van der Waals surface area contributed by atoms with E-state index < -0.39 is 17.6 Å². The molecule has 0 radical (unpaired) electrons. The summed E-state index contributed by atoms with van der Waals surface area (Å²) in [6, 6.07) is 6.77. The molecular weight excluding hydrogens is 318 g/mol. The molecule has 3 atom stereocenters. The maximum Gasteiger partial charge on any atom is 0.280 e. The lowest BCUT2D eigenvalue weighted by Gasteiger charge is -2.31. The van der Waals surface area contributed by atoms with Gasteiger partial charge in [-0.05, 0) is 30.4 Å². The Kier molecular flexibility index (Phi) is 4.67. The van der Waals surface area contributed by atoms with Crippen molar-refractivity contribution in [2.24, 2.45) is 5.41 Å². The van der Waals surface area contributed by atoms with Crippen molar-refractivity contribution < 1.29 is 10.2 Å². The fraction of sp³-hybridized carbons (Fsp3) is 0.474. The van der Waals surface area contributed by atoms with E-state index in [9.17, 15) is 15.0 Å². The Morgan fingerprint density at radius 3 is 2.72 bits per heavy atom. The van der Waals surface area contributed by atoms with Gasteiger partial charge in [-0.1, -0.05) is 45.1 Å². The minimum absolute atomic E-state index is 0.262. The van der Waals surface area contributed by atoms with E-state index in [4.69, 9.17) is 0 Å². The first kappa shape index (κ1) is 17.6. The monoisotopic (exact) mass is 343 g/mol. The Hall–Kier alpha value is -2.18. The highest BCUT2D eigenvalue weighted by Gasteiger charge is 2.30. The normalized spacial score (nSPS) is 22.1. The number of aromatic nitrogens is 2. The summed E-state index contributed by atoms with van der Waals surface area (Å²) in [5.74, 6) is 0.262. The lowest BCUT2D eigenvalue weighted by atomic mass is 9.88. The second-order valence-electron chi connectivity index (χ2n) is 7.63. The highest BCUT2D eigenvalue weighted by molar-refractivity contribution is 5.77. The molecule has 134 valence electrons. The topological polar surface area (TPSA) is 87.4 Å². The zero-order chi connectivity index (χ0) is 18.2. The van der Waals surface area contributed by atoms with Crippen LogP contribution in [0.4, 0.5) is 0 Å². The molecule has 2 aromatic rings. The molecule has 0 fully saturated rings. The van der Waals surface area contributed by atoms with E-state index in [0.29, 0.717) is 17.3 Å². The number of aliphatic hydroxyl groups excluding tert-OH is 2. The number of aliphatic hydroxyl groups is 2. The Morgan fingerprint density at radius 2 is 2.04 bits per heavy atom. The van der Waals surface area contributed by atoms with E-state index in [0.717, 1.165) is 6.42 Å². The largest absolute Gasteiger partial charge is 0.387 e. The van der Waals surface area contributed by atoms with Crippen molar-refractivity contribution >= 4 is 10.9 Å². The second kappa shape index (κ2) is 6.61. The third-order valence-corrected chi connectivity index (χ3v) is 4.55. The van der Waals surface area contributed by atoms with Crippen LogP contribution in [0.2, 0.25) is 0 Å². The van der Waals surface area contributed by atoms with Crippen molar-refractivity contribution in [2.75, 3.05) is 5.43 Å². The maximum atomic E-state index is 13.0. The molecule has 6 heteroatoms. The lowest BCUT2D eigenvalue weighted by Crippen LogP contribution is -2.45. The molecule has 1 aromatic carbocycles. The Balaban J connectivity index is 2.15. The molecule has 1 aliphatic carbocycles. The fourth-order valence-corrected chi connectivity index (χ4v) is 2.97. The van der Waals surface area contributed by atoms with Crippen LogP contribution in [0.3, 0.4) is 0 Å². The van der Waals surface area contributed by atoms with Gasteiger partial charge >= 0.3 is 0 Å². The third kappa shape index (κ3) is 3.45. The predicted molar refractivity (Wildman–Crippen MR) is 97.9 cm³/mol. The first-order valence-electron chi connectivity index (χ1n) is 8.60. The van der Waals surface area contributed by atoms with Crippen molar-refractivity contribution in [3.63, 3.8) is 0 Å². The number of hydrogen-bond acceptors (Lipinski definition) is 5. The smallest absolute Gasteiger partial charge is 0.280 e. The summed E-state index contributed by atoms with van der Waals surface area (Å²) >= 11 is 0. The molecule has 25 heavy (non-hydrogen) atoms. The molecule has 1 aliphatic rings. The van der Waals surface area contributed by atoms with Crippen LogP contribution in [0.15, 0.2) is 41.2 Å². The van der Waals surface area contributed by atoms with Gasteiger partial charge in [-0.15, -0.1) is 0 Å². The van der Waals surface area contributed by atoms with Gasteiger partial charge in [0, 0.05) is 0 Å². The summed E-state index contributed by atoms with van der Waals surface area (Å²) in [6.07, 6.45) is 3.54. The summed E-state index contributed by atoms with van der Waals surface area (Å²) in [4.78, 5) is 17.6. The van der Waals surface area contributed by atoms with Gasteiger partial charge < -0.3 is 15.6 Å². The van der Waals surface area contributed by atoms with Crippen molar-refractivity contribution in [1.29, 1.82) is 0 Å². The minimum Gasteiger partial charge on any atom is -0.387 e. The number of benzene rings is 1. The Labute approximate surface area is 146 Å². The van der Waals surface area contributed by atoms with E-state index in [1.165, 1.54) is 4.68 Å². The van der Waals surface area contributed by atoms with Gasteiger partial charge in [-0.2, -0.15) is 0 Å². The van der Waals surface area contributed by atoms with Gasteiger partial charge in [-0.3, -0.25) is 4.79 Å². The van der Waals surface area contributed by atoms with Gasteiger partial charge in [0.25, 0.3) is 5.56 Å². The zero-order valence-electron chi connectivity index (χ0n) is 14.8. The quantitative estimate of drug-likeness (QED) is 0.743. The molecule has 0 saturated heterocycles. The molecule has 1 heterocycles. The number of allylic oxidation sites excluding steroid dienone is 1. The van der Waals surface area contributed by atoms with Crippen LogP contribution < -0.4 is 11.0 Å². The van der Waals surface area contributed by atoms with Crippen LogP contribution in [0, 0.1) is 5.41 Å². The summed E-state index contributed by atoms with van der Waals surface area (Å²) < 4.78 is 1.31. The van der Waals surface area contributed by atoms with Crippen LogP contribution >= 0.6 is 0 Å². The van der Waals surface area contributed by atoms with Gasteiger partial charge in [0.1, 0.15) is 6.10 Å². The van der Waals surface area contributed by atoms with Crippen molar-refractivity contribution in [1.82, 2.24) is 9.66 Å². The summed E-state index contributed by atoms with van der Waals surface area (Å²) in [6.45, 7) is 5.67. The summed E-state index contributed by atoms with van der Waals surface area (Å²) in [5.41, 5.74) is 2.88. The summed E-state index contributed by atoms with van der Waals surface area (Å²) in [5, 5.41) is 21.4. The number of nitrogens with zero attached hydrogens (tertiary/aromatic N) is 2. The highest BCUT2D eigenvalue weighted by atomic mass is 16.3. The number of hydrogen-bond donors (Lipinski definition) is 3. The number of nitrogens with one attached hydrogen (secondary N) is 1. The standard InChI is InChI=1S/C19H25N3O3/c1-19(2,3)16(24)17-20-13-9-5-4-8-12(13)18(25)22(17)21-14-10-6-7-11-15(14)23/h4-5,7-9,11,14-16,21,23-24H,6,10H2,1-3H3/t14-,15+,16+/m0/s1. The molecule has 3 rings (SSSR count). The Morgan fingerprint density at radius 1 is 1.32 bits per heavy atom. The van der Waals surface area contributed by atoms with Crippen molar-refractivity contribution in [2.45, 2.75) is 51.9 Å². The third-order valence-electron chi connectivity index (χ3n) is 4.55. The molecule has 0 bridgehead atoms. The van der Waals surface area contributed by atoms with Crippen molar-refractivity contribution in [3.05, 3.63) is 52.6 Å². The van der Waals surface area contributed by atoms with Crippen LogP contribution in [-0.2, 0) is 0 Å². The molecule has 0 spiro atoms. The molecule has 0 aliphatic heterocycles. The number of rotatable bonds is 3. The maximum absolute atomic E-state index is 13.0. The molecule has 3 N–H and O–H groups in total. The van der Waals surface area contributed by atoms with Crippen LogP contribution in [-0.4, -0.2) is 32.0 Å². The van der Waals surface area contributed by atoms with E-state index in [1.54, 1.807) is 24.3 Å². The molecular formula is C19H25N3O3. The first-order chi connectivity index (χ1) is 11.8. The van der Waals surface area contributed by atoms with E-state index >= 15 is 0 Å². The SMILES string of the molecule is CC(C)(C)[C@H](O)c1nc2ccccc2c(=O)n1N[C@H]1CCC=C[C@H]1O. The van der Waals surface area contributed by atoms with Crippen LogP contribution in [0.5, 0.6) is 0 Å². The second-order valence-corrected chi connectivity index (χ2v) is 7.63. The average molecular weight is 343 g/mol. The fourth-order valence-electron chi connectivity index (χ4n) is 2.97. The molecule has 6 nitrogen and oxygen atoms in total. The van der Waals surface area contributed by atoms with Gasteiger partial charge in [0.05, 0.1) is 23.0 Å². The van der Waals surface area contributed by atoms with Crippen LogP contribution in [0.1, 0.15) is 45.5 Å². The van der Waals surface area contributed by atoms with E-state index in [1.807, 2.05) is 32.9 Å². The van der Waals surface area contributed by atoms with E-state index in [-0.39, 0.29) is 17.4 Å². The predicted octanol–water partition coefficient (Wildman–Crippen LogP) is 2.10. The van der Waals surface area contributed by atoms with E-state index in [2.05, 4.69) is 10.4 Å². The number of para-hydroxylation sites is 1. The van der Waals surface area contributed by atoms with Gasteiger partial charge in [0.2, 0.25) is 0 Å². The highest BCUT2D eigenvalue weighted by Crippen LogP contribution is 2.31. The van der Waals surface area contributed by atoms with Gasteiger partial charge in [0.15, 0.2) is 5.82 Å². The number of fused-ring (bicyclic) bond motifs is 1. The first-order valence-corrected chi connectivity index (χ1v) is 8.60. The minimum atomic E-state index is -0.936. The molecule has 0 unspecified atom stereocenters. The lowest BCUT2D eigenvalue weighted by molar-refractivity contribution is 0.0511. The zero-order valence-corrected chi connectivity index (χ0v) is 14.8. The summed E-state index contributed by atoms with van der Waals surface area (Å²) in [7, 11) is 0. The average Bonchev–Trinajstić information content (AvgIpc) is 2.57.